The Morgan fingerprint density at radius 2 is 1.76 bits per heavy atom. The first-order valence-electron chi connectivity index (χ1n) is 7.77. The van der Waals surface area contributed by atoms with E-state index in [0.29, 0.717) is 4.91 Å². The lowest BCUT2D eigenvalue weighted by molar-refractivity contribution is -0.122. The van der Waals surface area contributed by atoms with Crippen molar-refractivity contribution in [3.05, 3.63) is 64.6 Å². The number of benzene rings is 2. The summed E-state index contributed by atoms with van der Waals surface area (Å²) in [5.41, 5.74) is 2.86. The maximum absolute atomic E-state index is 12.5. The molecule has 3 rings (SSSR count). The van der Waals surface area contributed by atoms with Gasteiger partial charge in [0.15, 0.2) is 0 Å². The predicted octanol–water partition coefficient (Wildman–Crippen LogP) is 4.11. The number of aryl methyl sites for hydroxylation is 1. The van der Waals surface area contributed by atoms with Crippen LogP contribution in [0.4, 0.5) is 10.5 Å². The molecule has 0 unspecified atom stereocenters. The van der Waals surface area contributed by atoms with Gasteiger partial charge in [-0.3, -0.25) is 14.5 Å². The van der Waals surface area contributed by atoms with Crippen LogP contribution in [0.15, 0.2) is 53.4 Å². The molecule has 1 heterocycles. The van der Waals surface area contributed by atoms with Crippen molar-refractivity contribution in [3.8, 4) is 5.75 Å². The van der Waals surface area contributed by atoms with Gasteiger partial charge in [0.05, 0.1) is 18.7 Å². The highest BCUT2D eigenvalue weighted by molar-refractivity contribution is 8.18. The van der Waals surface area contributed by atoms with Gasteiger partial charge in [0.1, 0.15) is 5.75 Å². The molecule has 0 aliphatic carbocycles. The monoisotopic (exact) mass is 354 g/mol. The van der Waals surface area contributed by atoms with Crippen LogP contribution in [0.2, 0.25) is 0 Å². The third kappa shape index (κ3) is 4.03. The number of nitrogens with zero attached hydrogens (tertiary/aromatic N) is 1. The number of hydrogen-bond acceptors (Lipinski definition) is 5. The van der Waals surface area contributed by atoms with E-state index in [1.165, 1.54) is 4.90 Å². The quantitative estimate of drug-likeness (QED) is 0.819. The molecule has 0 bridgehead atoms. The molecule has 0 aromatic heterocycles. The smallest absolute Gasteiger partial charge is 0.295 e. The SMILES string of the molecule is COc1ccc(/C=C2/SC(=O)N(CNc3ccc(C)cc3)C2=O)cc1. The van der Waals surface area contributed by atoms with Gasteiger partial charge in [-0.05, 0) is 54.6 Å². The minimum absolute atomic E-state index is 0.147. The Morgan fingerprint density at radius 3 is 2.40 bits per heavy atom. The number of nitrogens with one attached hydrogen (secondary N) is 1. The van der Waals surface area contributed by atoms with Crippen molar-refractivity contribution >= 4 is 34.7 Å². The minimum atomic E-state index is -0.287. The molecule has 1 N–H and O–H groups in total. The lowest BCUT2D eigenvalue weighted by atomic mass is 10.2. The van der Waals surface area contributed by atoms with Gasteiger partial charge in [-0.2, -0.15) is 0 Å². The van der Waals surface area contributed by atoms with Crippen LogP contribution in [-0.4, -0.2) is 29.8 Å². The fourth-order valence-electron chi connectivity index (χ4n) is 2.33. The predicted molar refractivity (Wildman–Crippen MR) is 100 cm³/mol. The zero-order valence-corrected chi connectivity index (χ0v) is 14.8. The standard InChI is InChI=1S/C19H18N2O3S/c1-13-3-7-15(8-4-13)20-12-21-18(22)17(25-19(21)23)11-14-5-9-16(24-2)10-6-14/h3-11,20H,12H2,1-2H3/b17-11+. The zero-order chi connectivity index (χ0) is 17.8. The second kappa shape index (κ2) is 7.44. The van der Waals surface area contributed by atoms with E-state index in [1.54, 1.807) is 13.2 Å². The fraction of sp³-hybridized carbons (Fsp3) is 0.158. The Hall–Kier alpha value is -2.73. The van der Waals surface area contributed by atoms with Gasteiger partial charge in [-0.25, -0.2) is 0 Å². The van der Waals surface area contributed by atoms with Crippen LogP contribution in [-0.2, 0) is 4.79 Å². The van der Waals surface area contributed by atoms with Gasteiger partial charge in [0, 0.05) is 5.69 Å². The topological polar surface area (TPSA) is 58.6 Å². The molecule has 2 aromatic rings. The Morgan fingerprint density at radius 1 is 1.08 bits per heavy atom. The lowest BCUT2D eigenvalue weighted by Gasteiger charge is -2.14. The molecule has 0 radical (unpaired) electrons. The van der Waals surface area contributed by atoms with E-state index in [1.807, 2.05) is 55.5 Å². The van der Waals surface area contributed by atoms with Crippen LogP contribution in [0, 0.1) is 6.92 Å². The first-order chi connectivity index (χ1) is 12.1. The van der Waals surface area contributed by atoms with E-state index >= 15 is 0 Å². The normalized spacial score (nSPS) is 15.8. The lowest BCUT2D eigenvalue weighted by Crippen LogP contribution is -2.33. The number of methoxy groups -OCH3 is 1. The van der Waals surface area contributed by atoms with Crippen molar-refractivity contribution in [1.82, 2.24) is 4.90 Å². The summed E-state index contributed by atoms with van der Waals surface area (Å²) in [5, 5.41) is 2.83. The number of ether oxygens (including phenoxy) is 1. The summed E-state index contributed by atoms with van der Waals surface area (Å²) >= 11 is 0.951. The summed E-state index contributed by atoms with van der Waals surface area (Å²) < 4.78 is 5.11. The number of thioether (sulfide) groups is 1. The molecular formula is C19H18N2O3S. The Labute approximate surface area is 150 Å². The van der Waals surface area contributed by atoms with Gasteiger partial charge in [-0.15, -0.1) is 0 Å². The fourth-order valence-corrected chi connectivity index (χ4v) is 3.17. The van der Waals surface area contributed by atoms with Crippen LogP contribution in [0.1, 0.15) is 11.1 Å². The number of hydrogen-bond donors (Lipinski definition) is 1. The van der Waals surface area contributed by atoms with Crippen molar-refractivity contribution < 1.29 is 14.3 Å². The van der Waals surface area contributed by atoms with Gasteiger partial charge >= 0.3 is 0 Å². The average Bonchev–Trinajstić information content (AvgIpc) is 2.89. The van der Waals surface area contributed by atoms with Crippen LogP contribution in [0.5, 0.6) is 5.75 Å². The van der Waals surface area contributed by atoms with E-state index in [9.17, 15) is 9.59 Å². The molecule has 6 heteroatoms. The summed E-state index contributed by atoms with van der Waals surface area (Å²) in [4.78, 5) is 26.2. The highest BCUT2D eigenvalue weighted by atomic mass is 32.2. The molecule has 1 fully saturated rings. The molecule has 0 saturated carbocycles. The van der Waals surface area contributed by atoms with Crippen LogP contribution in [0.25, 0.3) is 6.08 Å². The number of imide groups is 1. The van der Waals surface area contributed by atoms with Crippen molar-refractivity contribution in [2.24, 2.45) is 0 Å². The van der Waals surface area contributed by atoms with Crippen LogP contribution in [0.3, 0.4) is 0 Å². The van der Waals surface area contributed by atoms with E-state index in [2.05, 4.69) is 5.32 Å². The zero-order valence-electron chi connectivity index (χ0n) is 14.0. The first kappa shape index (κ1) is 17.1. The molecule has 1 aliphatic heterocycles. The van der Waals surface area contributed by atoms with Crippen LogP contribution < -0.4 is 10.1 Å². The van der Waals surface area contributed by atoms with Gasteiger partial charge < -0.3 is 10.1 Å². The summed E-state index contributed by atoms with van der Waals surface area (Å²) in [5.74, 6) is 0.456. The highest BCUT2D eigenvalue weighted by Crippen LogP contribution is 2.32. The van der Waals surface area contributed by atoms with E-state index < -0.39 is 0 Å². The molecule has 128 valence electrons. The van der Waals surface area contributed by atoms with Gasteiger partial charge in [0.25, 0.3) is 11.1 Å². The molecule has 2 amide bonds. The molecule has 1 saturated heterocycles. The molecular weight excluding hydrogens is 336 g/mol. The summed E-state index contributed by atoms with van der Waals surface area (Å²) in [6.07, 6.45) is 1.72. The van der Waals surface area contributed by atoms with Gasteiger partial charge in [0.2, 0.25) is 0 Å². The minimum Gasteiger partial charge on any atom is -0.497 e. The maximum atomic E-state index is 12.5. The largest absolute Gasteiger partial charge is 0.497 e. The molecule has 0 spiro atoms. The summed E-state index contributed by atoms with van der Waals surface area (Å²) in [6.45, 7) is 2.15. The number of carbonyl (C=O) groups excluding carboxylic acids is 2. The average molecular weight is 354 g/mol. The number of rotatable bonds is 5. The second-order valence-electron chi connectivity index (χ2n) is 5.58. The number of carbonyl (C=O) groups is 2. The number of anilines is 1. The van der Waals surface area contributed by atoms with E-state index in [4.69, 9.17) is 4.74 Å². The molecule has 1 aliphatic rings. The van der Waals surface area contributed by atoms with Crippen LogP contribution >= 0.6 is 11.8 Å². The Bertz CT molecular complexity index is 814. The van der Waals surface area contributed by atoms with Crippen molar-refractivity contribution in [3.63, 3.8) is 0 Å². The Kier molecular flexibility index (Phi) is 5.09. The van der Waals surface area contributed by atoms with Crippen molar-refractivity contribution in [2.45, 2.75) is 6.92 Å². The molecule has 5 nitrogen and oxygen atoms in total. The van der Waals surface area contributed by atoms with E-state index in [0.717, 1.165) is 34.3 Å². The number of amides is 2. The van der Waals surface area contributed by atoms with Crippen molar-refractivity contribution in [2.75, 3.05) is 19.1 Å². The summed E-state index contributed by atoms with van der Waals surface area (Å²) in [7, 11) is 1.60. The van der Waals surface area contributed by atoms with Gasteiger partial charge in [-0.1, -0.05) is 29.8 Å². The summed E-state index contributed by atoms with van der Waals surface area (Å²) in [6, 6.07) is 15.1. The molecule has 2 aromatic carbocycles. The second-order valence-corrected chi connectivity index (χ2v) is 6.58. The highest BCUT2D eigenvalue weighted by Gasteiger charge is 2.34. The Balaban J connectivity index is 1.68. The van der Waals surface area contributed by atoms with E-state index in [-0.39, 0.29) is 17.8 Å². The maximum Gasteiger partial charge on any atom is 0.295 e. The molecule has 0 atom stereocenters. The third-order valence-corrected chi connectivity index (χ3v) is 4.69. The third-order valence-electron chi connectivity index (χ3n) is 3.78. The van der Waals surface area contributed by atoms with Crippen molar-refractivity contribution in [1.29, 1.82) is 0 Å². The molecule has 25 heavy (non-hydrogen) atoms. The first-order valence-corrected chi connectivity index (χ1v) is 8.58.